The third-order valence-electron chi connectivity index (χ3n) is 5.88. The van der Waals surface area contributed by atoms with Crippen LogP contribution in [0.1, 0.15) is 39.2 Å². The molecule has 0 aliphatic rings. The molecule has 0 saturated carbocycles. The quantitative estimate of drug-likeness (QED) is 0.253. The van der Waals surface area contributed by atoms with Gasteiger partial charge in [0.1, 0.15) is 13.7 Å². The Bertz CT molecular complexity index is 1460. The van der Waals surface area contributed by atoms with E-state index in [0.29, 0.717) is 41.3 Å². The number of unbranched alkanes of at least 4 members (excludes halogenated alkanes) is 1. The smallest absolute Gasteiger partial charge is 0.240 e. The number of aromatic nitrogens is 3. The van der Waals surface area contributed by atoms with Crippen LogP contribution in [-0.2, 0) is 15.4 Å². The number of hydrogen-bond acceptors (Lipinski definition) is 5. The molecule has 186 valence electrons. The van der Waals surface area contributed by atoms with Crippen molar-refractivity contribution < 1.29 is 8.42 Å². The van der Waals surface area contributed by atoms with Gasteiger partial charge >= 0.3 is 0 Å². The van der Waals surface area contributed by atoms with Crippen molar-refractivity contribution in [1.29, 1.82) is 0 Å². The molecule has 0 atom stereocenters. The highest BCUT2D eigenvalue weighted by Crippen LogP contribution is 2.28. The van der Waals surface area contributed by atoms with Gasteiger partial charge in [0.15, 0.2) is 5.65 Å². The molecule has 2 heterocycles. The van der Waals surface area contributed by atoms with E-state index in [-0.39, 0.29) is 10.3 Å². The van der Waals surface area contributed by atoms with Crippen LogP contribution in [0.2, 0.25) is 5.02 Å². The molecule has 0 saturated heterocycles. The Balaban J connectivity index is 1.35. The van der Waals surface area contributed by atoms with Crippen LogP contribution in [0.4, 0.5) is 5.82 Å². The van der Waals surface area contributed by atoms with Gasteiger partial charge < -0.3 is 5.32 Å². The van der Waals surface area contributed by atoms with Gasteiger partial charge in [-0.05, 0) is 47.5 Å². The molecule has 2 aromatic heterocycles. The highest BCUT2D eigenvalue weighted by atomic mass is 35.5. The van der Waals surface area contributed by atoms with Gasteiger partial charge in [-0.25, -0.2) is 18.1 Å². The second kappa shape index (κ2) is 10.6. The molecule has 0 amide bonds. The van der Waals surface area contributed by atoms with Crippen molar-refractivity contribution in [1.82, 2.24) is 19.3 Å². The lowest BCUT2D eigenvalue weighted by Gasteiger charge is -2.19. The van der Waals surface area contributed by atoms with Gasteiger partial charge in [0.2, 0.25) is 10.0 Å². The first kappa shape index (κ1) is 26.2. The van der Waals surface area contributed by atoms with Gasteiger partial charge in [-0.2, -0.15) is 9.61 Å². The summed E-state index contributed by atoms with van der Waals surface area (Å²) in [5, 5.41) is 8.28. The van der Waals surface area contributed by atoms with Crippen molar-refractivity contribution in [2.75, 3.05) is 18.4 Å². The largest absolute Gasteiger partial charge is 0.370 e. The molecule has 4 aromatic rings. The molecule has 10 heteroatoms. The molecule has 0 bridgehead atoms. The normalized spacial score (nSPS) is 12.2. The molecular formula is C26H29BClN5O2S. The molecule has 36 heavy (non-hydrogen) atoms. The maximum atomic E-state index is 12.6. The number of hydrogen-bond donors (Lipinski definition) is 2. The highest BCUT2D eigenvalue weighted by Gasteiger charge is 2.17. The number of fused-ring (bicyclic) bond motifs is 1. The summed E-state index contributed by atoms with van der Waals surface area (Å²) in [4.78, 5) is 4.91. The van der Waals surface area contributed by atoms with E-state index in [0.717, 1.165) is 23.4 Å². The van der Waals surface area contributed by atoms with E-state index >= 15 is 0 Å². The van der Waals surface area contributed by atoms with E-state index in [4.69, 9.17) is 19.4 Å². The van der Waals surface area contributed by atoms with Crippen molar-refractivity contribution in [2.45, 2.75) is 43.9 Å². The summed E-state index contributed by atoms with van der Waals surface area (Å²) in [7, 11) is 2.52. The zero-order valence-electron chi connectivity index (χ0n) is 20.6. The van der Waals surface area contributed by atoms with Crippen LogP contribution >= 0.6 is 11.6 Å². The summed E-state index contributed by atoms with van der Waals surface area (Å²) < 4.78 is 29.6. The van der Waals surface area contributed by atoms with Crippen LogP contribution in [0, 0.1) is 0 Å². The maximum Gasteiger partial charge on any atom is 0.240 e. The lowest BCUT2D eigenvalue weighted by Crippen LogP contribution is -2.25. The second-order valence-corrected chi connectivity index (χ2v) is 11.8. The fraction of sp³-hybridized carbons (Fsp3) is 0.308. The van der Waals surface area contributed by atoms with Crippen LogP contribution < -0.4 is 15.5 Å². The summed E-state index contributed by atoms with van der Waals surface area (Å²) in [6.45, 7) is 7.25. The molecule has 0 unspecified atom stereocenters. The second-order valence-electron chi connectivity index (χ2n) is 9.65. The number of sulfonamides is 1. The van der Waals surface area contributed by atoms with Gasteiger partial charge in [-0.1, -0.05) is 62.7 Å². The Morgan fingerprint density at radius 1 is 1.03 bits per heavy atom. The van der Waals surface area contributed by atoms with Gasteiger partial charge in [-0.3, -0.25) is 0 Å². The number of benzene rings is 2. The van der Waals surface area contributed by atoms with Crippen LogP contribution in [-0.4, -0.2) is 44.0 Å². The Hall–Kier alpha value is -2.88. The van der Waals surface area contributed by atoms with Crippen molar-refractivity contribution in [3.8, 4) is 11.3 Å². The number of anilines is 1. The third-order valence-corrected chi connectivity index (χ3v) is 7.69. The van der Waals surface area contributed by atoms with E-state index in [9.17, 15) is 8.42 Å². The first-order valence-corrected chi connectivity index (χ1v) is 13.7. The van der Waals surface area contributed by atoms with Crippen molar-refractivity contribution in [3.05, 3.63) is 71.4 Å². The Labute approximate surface area is 218 Å². The van der Waals surface area contributed by atoms with Gasteiger partial charge in [0.25, 0.3) is 0 Å². The van der Waals surface area contributed by atoms with Crippen molar-refractivity contribution in [2.24, 2.45) is 0 Å². The van der Waals surface area contributed by atoms with Gasteiger partial charge in [0.05, 0.1) is 10.6 Å². The number of nitrogens with one attached hydrogen (secondary N) is 2. The zero-order chi connectivity index (χ0) is 25.9. The Morgan fingerprint density at radius 3 is 2.42 bits per heavy atom. The number of rotatable bonds is 9. The van der Waals surface area contributed by atoms with Gasteiger partial charge in [-0.15, -0.1) is 0 Å². The number of halogens is 1. The van der Waals surface area contributed by atoms with Crippen LogP contribution in [0.5, 0.6) is 0 Å². The summed E-state index contributed by atoms with van der Waals surface area (Å²) in [5.74, 6) is 0.728. The van der Waals surface area contributed by atoms with Crippen molar-refractivity contribution in [3.63, 3.8) is 0 Å². The summed E-state index contributed by atoms with van der Waals surface area (Å²) >= 11 is 6.38. The average molecular weight is 522 g/mol. The van der Waals surface area contributed by atoms with E-state index in [2.05, 4.69) is 40.9 Å². The maximum absolute atomic E-state index is 12.6. The average Bonchev–Trinajstić information content (AvgIpc) is 3.22. The first-order valence-electron chi connectivity index (χ1n) is 11.8. The molecule has 7 nitrogen and oxygen atoms in total. The Kier molecular flexibility index (Phi) is 7.73. The van der Waals surface area contributed by atoms with E-state index in [1.54, 1.807) is 22.8 Å². The summed E-state index contributed by atoms with van der Waals surface area (Å²) in [5.41, 5.74) is 3.56. The summed E-state index contributed by atoms with van der Waals surface area (Å²) in [6, 6.07) is 16.4. The summed E-state index contributed by atoms with van der Waals surface area (Å²) in [6.07, 6.45) is 2.97. The van der Waals surface area contributed by atoms with Crippen LogP contribution in [0.25, 0.3) is 16.9 Å². The minimum Gasteiger partial charge on any atom is -0.370 e. The van der Waals surface area contributed by atoms with Crippen LogP contribution in [0.3, 0.4) is 0 Å². The molecule has 2 aromatic carbocycles. The minimum absolute atomic E-state index is 0.0286. The molecule has 4 rings (SSSR count). The topological polar surface area (TPSA) is 88.4 Å². The predicted molar refractivity (Wildman–Crippen MR) is 147 cm³/mol. The molecular weight excluding hydrogens is 493 g/mol. The van der Waals surface area contributed by atoms with E-state index < -0.39 is 10.0 Å². The standard InChI is InChI=1S/C26H29BClN5O2S/c1-26(2,3)18-10-12-19(13-11-18)36(34,35)31-15-7-6-14-29-24-16-23(20-8-4-5-9-22(20)28)32-25-21(27)17-30-33(24)25/h4-5,8-13,16-17,29,31H,6-7,14-15H2,1-3H3. The first-order chi connectivity index (χ1) is 17.1. The van der Waals surface area contributed by atoms with Crippen molar-refractivity contribution >= 4 is 46.4 Å². The SMILES string of the molecule is [B]c1cnn2c(NCCCCNS(=O)(=O)c3ccc(C(C)(C)C)cc3)cc(-c3ccccc3Cl)nc12. The van der Waals surface area contributed by atoms with E-state index in [1.165, 1.54) is 0 Å². The molecule has 2 N–H and O–H groups in total. The zero-order valence-corrected chi connectivity index (χ0v) is 22.2. The van der Waals surface area contributed by atoms with Crippen LogP contribution in [0.15, 0.2) is 65.7 Å². The van der Waals surface area contributed by atoms with E-state index in [1.807, 2.05) is 42.5 Å². The Morgan fingerprint density at radius 2 is 1.72 bits per heavy atom. The fourth-order valence-electron chi connectivity index (χ4n) is 3.80. The molecule has 0 fully saturated rings. The van der Waals surface area contributed by atoms with Gasteiger partial charge in [0, 0.05) is 35.9 Å². The fourth-order valence-corrected chi connectivity index (χ4v) is 5.11. The third kappa shape index (κ3) is 5.91. The molecule has 0 aliphatic heterocycles. The molecule has 0 spiro atoms. The lowest BCUT2D eigenvalue weighted by molar-refractivity contribution is 0.575. The number of nitrogens with zero attached hydrogens (tertiary/aromatic N) is 3. The lowest BCUT2D eigenvalue weighted by atomic mass is 9.87. The minimum atomic E-state index is -3.55. The monoisotopic (exact) mass is 521 g/mol. The molecule has 2 radical (unpaired) electrons. The highest BCUT2D eigenvalue weighted by molar-refractivity contribution is 7.89. The molecule has 0 aliphatic carbocycles. The predicted octanol–water partition coefficient (Wildman–Crippen LogP) is 4.31.